The second-order valence-electron chi connectivity index (χ2n) is 16.1. The van der Waals surface area contributed by atoms with Gasteiger partial charge in [0.15, 0.2) is 19.8 Å². The minimum absolute atomic E-state index is 0.0618. The number of hydrogen-bond acceptors (Lipinski definition) is 10. The third-order valence-electron chi connectivity index (χ3n) is 12.4. The van der Waals surface area contributed by atoms with Crippen LogP contribution in [0, 0.1) is 11.6 Å². The van der Waals surface area contributed by atoms with Crippen LogP contribution in [0.3, 0.4) is 0 Å². The van der Waals surface area contributed by atoms with Crippen LogP contribution < -0.4 is 30.4 Å². The van der Waals surface area contributed by atoms with Gasteiger partial charge in [0.1, 0.15) is 46.8 Å². The molecule has 4 heterocycles. The van der Waals surface area contributed by atoms with E-state index in [1.54, 1.807) is 14.2 Å². The number of rotatable bonds is 6. The highest BCUT2D eigenvalue weighted by atomic mass is 32.2. The third-order valence-corrected chi connectivity index (χ3v) is 15.1. The lowest BCUT2D eigenvalue weighted by Crippen LogP contribution is -2.32. The summed E-state index contributed by atoms with van der Waals surface area (Å²) < 4.78 is 88.1. The molecule has 4 atom stereocenters. The standard InChI is InChI=1S/2C20H24FN5O4S/c2*1-29-11-9-26-19(30-10-11)16(8-23-26)31(22,28)25-20(27)24-18-14-6-2-4-12(14)17(21)13-5-3-7-15(13)18/h2*8,11H,2-7,9-10H2,1H3,(H3,22,24,25,27,28)/t2*11-,31?/m00/s1. The zero-order chi connectivity index (χ0) is 43.5. The largest absolute Gasteiger partial charge is 0.474 e. The van der Waals surface area contributed by atoms with E-state index < -0.39 is 31.9 Å². The maximum atomic E-state index is 14.8. The molecule has 0 spiro atoms. The molecule has 0 radical (unpaired) electrons. The lowest BCUT2D eigenvalue weighted by Gasteiger charge is -2.23. The van der Waals surface area contributed by atoms with Gasteiger partial charge in [0.05, 0.1) is 25.5 Å². The monoisotopic (exact) mass is 898 g/mol. The lowest BCUT2D eigenvalue weighted by atomic mass is 9.98. The molecule has 0 saturated heterocycles. The zero-order valence-electron chi connectivity index (χ0n) is 34.3. The Morgan fingerprint density at radius 1 is 0.645 bits per heavy atom. The van der Waals surface area contributed by atoms with Crippen LogP contribution >= 0.6 is 0 Å². The molecule has 6 aliphatic rings. The number of urea groups is 2. The van der Waals surface area contributed by atoms with E-state index >= 15 is 0 Å². The van der Waals surface area contributed by atoms with Crippen molar-refractivity contribution in [2.75, 3.05) is 38.1 Å². The van der Waals surface area contributed by atoms with E-state index in [2.05, 4.69) is 29.6 Å². The molecular formula is C40H48F2N10O8S2. The number of anilines is 2. The molecule has 0 saturated carbocycles. The number of nitrogens with zero attached hydrogens (tertiary/aromatic N) is 6. The summed E-state index contributed by atoms with van der Waals surface area (Å²) in [4.78, 5) is 25.6. The number of amides is 4. The Morgan fingerprint density at radius 3 is 1.29 bits per heavy atom. The molecule has 6 N–H and O–H groups in total. The lowest BCUT2D eigenvalue weighted by molar-refractivity contribution is 0.0165. The average molecular weight is 899 g/mol. The molecule has 62 heavy (non-hydrogen) atoms. The number of aromatic nitrogens is 4. The number of nitrogens with one attached hydrogen (secondary N) is 2. The number of hydrogen-bond donors (Lipinski definition) is 4. The molecule has 4 aromatic rings. The summed E-state index contributed by atoms with van der Waals surface area (Å²) in [7, 11) is -4.06. The van der Waals surface area contributed by atoms with E-state index in [-0.39, 0.29) is 58.6 Å². The molecule has 4 aliphatic carbocycles. The van der Waals surface area contributed by atoms with E-state index in [4.69, 9.17) is 29.2 Å². The molecule has 4 amide bonds. The van der Waals surface area contributed by atoms with Gasteiger partial charge in [-0.15, -0.1) is 8.73 Å². The molecule has 0 fully saturated rings. The summed E-state index contributed by atoms with van der Waals surface area (Å²) in [6.45, 7) is 1.35. The van der Waals surface area contributed by atoms with Gasteiger partial charge in [-0.05, 0) is 122 Å². The normalized spacial score (nSPS) is 20.9. The number of ether oxygens (including phenoxy) is 4. The summed E-state index contributed by atoms with van der Waals surface area (Å²) in [6, 6.07) is -1.65. The molecule has 2 aromatic heterocycles. The summed E-state index contributed by atoms with van der Waals surface area (Å²) in [5, 5.41) is 25.7. The Bertz CT molecular complexity index is 2520. The van der Waals surface area contributed by atoms with E-state index in [1.807, 2.05) is 0 Å². The van der Waals surface area contributed by atoms with Gasteiger partial charge in [-0.2, -0.15) is 10.2 Å². The Hall–Kier alpha value is -5.00. The van der Waals surface area contributed by atoms with Crippen molar-refractivity contribution in [3.8, 4) is 11.8 Å². The first-order chi connectivity index (χ1) is 29.8. The van der Waals surface area contributed by atoms with Gasteiger partial charge < -0.3 is 29.6 Å². The van der Waals surface area contributed by atoms with Gasteiger partial charge in [0, 0.05) is 25.6 Å². The summed E-state index contributed by atoms with van der Waals surface area (Å²) in [5.74, 6) is 0.188. The van der Waals surface area contributed by atoms with Crippen molar-refractivity contribution in [3.63, 3.8) is 0 Å². The van der Waals surface area contributed by atoms with Crippen LogP contribution in [0.4, 0.5) is 29.7 Å². The number of halogens is 2. The molecule has 2 unspecified atom stereocenters. The third kappa shape index (κ3) is 7.63. The van der Waals surface area contributed by atoms with Crippen molar-refractivity contribution in [1.29, 1.82) is 0 Å². The van der Waals surface area contributed by atoms with E-state index in [0.717, 1.165) is 47.9 Å². The fourth-order valence-electron chi connectivity index (χ4n) is 9.47. The van der Waals surface area contributed by atoms with Gasteiger partial charge in [-0.3, -0.25) is 0 Å². The zero-order valence-corrected chi connectivity index (χ0v) is 35.9. The number of carbonyl (C=O) groups is 2. The fourth-order valence-corrected chi connectivity index (χ4v) is 11.5. The minimum Gasteiger partial charge on any atom is -0.474 e. The average Bonchev–Trinajstić information content (AvgIpc) is 4.10. The van der Waals surface area contributed by atoms with Crippen molar-refractivity contribution in [2.24, 2.45) is 19.0 Å². The highest BCUT2D eigenvalue weighted by molar-refractivity contribution is 7.92. The quantitative estimate of drug-likeness (QED) is 0.208. The summed E-state index contributed by atoms with van der Waals surface area (Å²) in [6.07, 6.45) is 11.0. The Morgan fingerprint density at radius 2 is 0.968 bits per heavy atom. The van der Waals surface area contributed by atoms with Crippen LogP contribution in [0.5, 0.6) is 11.8 Å². The van der Waals surface area contributed by atoms with Crippen LogP contribution in [-0.4, -0.2) is 79.7 Å². The van der Waals surface area contributed by atoms with Gasteiger partial charge in [0.2, 0.25) is 11.8 Å². The van der Waals surface area contributed by atoms with E-state index in [1.165, 1.54) is 21.8 Å². The number of methoxy groups -OCH3 is 2. The Balaban J connectivity index is 0.000000158. The predicted octanol–water partition coefficient (Wildman–Crippen LogP) is 4.68. The van der Waals surface area contributed by atoms with Crippen molar-refractivity contribution >= 4 is 43.3 Å². The second kappa shape index (κ2) is 16.6. The first-order valence-electron chi connectivity index (χ1n) is 20.6. The molecule has 2 aromatic carbocycles. The first kappa shape index (κ1) is 42.3. The summed E-state index contributed by atoms with van der Waals surface area (Å²) >= 11 is 0. The number of nitrogens with two attached hydrogens (primary N) is 2. The Kier molecular flexibility index (Phi) is 11.3. The van der Waals surface area contributed by atoms with Crippen molar-refractivity contribution < 1.29 is 45.7 Å². The highest BCUT2D eigenvalue weighted by Crippen LogP contribution is 2.43. The number of carbonyl (C=O) groups excluding carboxylic acids is 2. The van der Waals surface area contributed by atoms with E-state index in [9.17, 15) is 26.8 Å². The van der Waals surface area contributed by atoms with Crippen LogP contribution in [0.2, 0.25) is 0 Å². The van der Waals surface area contributed by atoms with Crippen LogP contribution in [-0.2, 0) is 93.8 Å². The molecule has 22 heteroatoms. The number of benzene rings is 2. The maximum Gasteiger partial charge on any atom is 0.354 e. The van der Waals surface area contributed by atoms with Crippen LogP contribution in [0.1, 0.15) is 70.2 Å². The molecule has 0 bridgehead atoms. The van der Waals surface area contributed by atoms with Gasteiger partial charge in [-0.25, -0.2) is 46.4 Å². The molecule has 332 valence electrons. The second-order valence-corrected chi connectivity index (χ2v) is 19.6. The molecule has 2 aliphatic heterocycles. The fraction of sp³-hybridized carbons (Fsp3) is 0.500. The van der Waals surface area contributed by atoms with Crippen molar-refractivity contribution in [2.45, 2.75) is 112 Å². The van der Waals surface area contributed by atoms with Gasteiger partial charge >= 0.3 is 12.1 Å². The topological polar surface area (TPSA) is 242 Å². The highest BCUT2D eigenvalue weighted by Gasteiger charge is 2.34. The van der Waals surface area contributed by atoms with Gasteiger partial charge in [0.25, 0.3) is 0 Å². The maximum absolute atomic E-state index is 14.8. The van der Waals surface area contributed by atoms with Crippen LogP contribution in [0.15, 0.2) is 30.9 Å². The SMILES string of the molecule is CO[C@@H]1COc2c(S(N)(=O)=NC(=O)Nc3c4c(c(F)c5c3CCC5)CCC4)cnn2C1.CO[C@@H]1COc2c(S(N)(=O)=NC(=O)Nc3c4c(c(F)c5c3CCC5)CCC4)cnn2C1. The Labute approximate surface area is 357 Å². The smallest absolute Gasteiger partial charge is 0.354 e. The predicted molar refractivity (Wildman–Crippen MR) is 222 cm³/mol. The molecule has 18 nitrogen and oxygen atoms in total. The molecule has 10 rings (SSSR count). The van der Waals surface area contributed by atoms with Crippen LogP contribution in [0.25, 0.3) is 0 Å². The van der Waals surface area contributed by atoms with Crippen molar-refractivity contribution in [1.82, 2.24) is 19.6 Å². The minimum atomic E-state index is -3.60. The van der Waals surface area contributed by atoms with Gasteiger partial charge in [-0.1, -0.05) is 0 Å². The van der Waals surface area contributed by atoms with Crippen molar-refractivity contribution in [3.05, 3.63) is 68.5 Å². The molecular weight excluding hydrogens is 851 g/mol. The van der Waals surface area contributed by atoms with E-state index in [0.29, 0.717) is 98.1 Å². The number of fused-ring (bicyclic) bond motifs is 6. The first-order valence-corrected chi connectivity index (χ1v) is 23.8. The summed E-state index contributed by atoms with van der Waals surface area (Å²) in [5.41, 5.74) is 7.22.